The lowest BCUT2D eigenvalue weighted by atomic mass is 9.99. The van der Waals surface area contributed by atoms with Gasteiger partial charge in [-0.15, -0.1) is 0 Å². The molecule has 6 rings (SSSR count). The zero-order valence-electron chi connectivity index (χ0n) is 32.1. The van der Waals surface area contributed by atoms with E-state index in [1.54, 1.807) is 0 Å². The van der Waals surface area contributed by atoms with Crippen molar-refractivity contribution in [3.63, 3.8) is 0 Å². The van der Waals surface area contributed by atoms with E-state index in [2.05, 4.69) is 136 Å². The average molecular weight is 705 g/mol. The Balaban J connectivity index is 0.000000208. The van der Waals surface area contributed by atoms with E-state index in [0.717, 1.165) is 61.2 Å². The Morgan fingerprint density at radius 2 is 0.537 bits per heavy atom. The van der Waals surface area contributed by atoms with Crippen molar-refractivity contribution in [1.82, 2.24) is 0 Å². The van der Waals surface area contributed by atoms with Crippen molar-refractivity contribution in [2.24, 2.45) is 0 Å². The van der Waals surface area contributed by atoms with Crippen LogP contribution in [0.25, 0.3) is 0 Å². The zero-order chi connectivity index (χ0) is 38.8. The van der Waals surface area contributed by atoms with Crippen molar-refractivity contribution in [2.75, 3.05) is 0 Å². The molecule has 0 N–H and O–H groups in total. The van der Waals surface area contributed by atoms with Crippen molar-refractivity contribution in [1.29, 1.82) is 0 Å². The summed E-state index contributed by atoms with van der Waals surface area (Å²) in [5.74, 6) is 24.2. The molecule has 0 bridgehead atoms. The van der Waals surface area contributed by atoms with E-state index in [-0.39, 0.29) is 5.56 Å². The van der Waals surface area contributed by atoms with Gasteiger partial charge >= 0.3 is 0 Å². The molecule has 0 unspecified atom stereocenters. The van der Waals surface area contributed by atoms with Crippen molar-refractivity contribution in [3.8, 4) is 47.4 Å². The van der Waals surface area contributed by atoms with E-state index in [9.17, 15) is 8.78 Å². The summed E-state index contributed by atoms with van der Waals surface area (Å²) in [5, 5.41) is 0. The van der Waals surface area contributed by atoms with Gasteiger partial charge in [-0.3, -0.25) is 0 Å². The smallest absolute Gasteiger partial charge is 0.130 e. The molecule has 0 amide bonds. The lowest BCUT2D eigenvalue weighted by molar-refractivity contribution is 0.567. The molecule has 0 saturated heterocycles. The summed E-state index contributed by atoms with van der Waals surface area (Å²) >= 11 is 0. The van der Waals surface area contributed by atoms with Gasteiger partial charge < -0.3 is 0 Å². The number of rotatable bonds is 0. The van der Waals surface area contributed by atoms with Gasteiger partial charge in [0.25, 0.3) is 0 Å². The molecule has 0 spiro atoms. The monoisotopic (exact) mass is 704 g/mol. The largest absolute Gasteiger partial charge is 0.207 e. The minimum absolute atomic E-state index is 0.00841. The van der Waals surface area contributed by atoms with Crippen molar-refractivity contribution in [2.45, 2.75) is 55.4 Å². The molecular weight excluding hydrogens is 663 g/mol. The predicted molar refractivity (Wildman–Crippen MR) is 220 cm³/mol. The van der Waals surface area contributed by atoms with Gasteiger partial charge in [-0.05, 0) is 150 Å². The summed E-state index contributed by atoms with van der Waals surface area (Å²) in [5.41, 5.74) is 15.2. The summed E-state index contributed by atoms with van der Waals surface area (Å²) in [6.45, 7) is 15.7. The highest BCUT2D eigenvalue weighted by Gasteiger charge is 2.06. The van der Waals surface area contributed by atoms with Crippen LogP contribution in [0.15, 0.2) is 109 Å². The van der Waals surface area contributed by atoms with E-state index in [4.69, 9.17) is 0 Å². The average Bonchev–Trinajstić information content (AvgIpc) is 3.15. The molecule has 0 saturated carbocycles. The maximum atomic E-state index is 13.7. The Labute approximate surface area is 320 Å². The van der Waals surface area contributed by atoms with E-state index in [1.807, 2.05) is 57.2 Å². The van der Waals surface area contributed by atoms with Crippen LogP contribution in [0.5, 0.6) is 0 Å². The molecule has 0 atom stereocenters. The zero-order valence-corrected chi connectivity index (χ0v) is 32.1. The molecule has 0 fully saturated rings. The molecule has 0 radical (unpaired) electrons. The molecule has 264 valence electrons. The molecule has 0 heterocycles. The Morgan fingerprint density at radius 1 is 0.296 bits per heavy atom. The van der Waals surface area contributed by atoms with Crippen LogP contribution in [-0.4, -0.2) is 0 Å². The maximum Gasteiger partial charge on any atom is 0.130 e. The number of halogens is 2. The van der Waals surface area contributed by atoms with Crippen LogP contribution in [-0.2, 0) is 0 Å². The molecule has 6 aromatic rings. The molecule has 54 heavy (non-hydrogen) atoms. The van der Waals surface area contributed by atoms with Crippen LogP contribution >= 0.6 is 0 Å². The summed E-state index contributed by atoms with van der Waals surface area (Å²) < 4.78 is 27.4. The second-order valence-electron chi connectivity index (χ2n) is 13.6. The van der Waals surface area contributed by atoms with Gasteiger partial charge in [0, 0.05) is 50.1 Å². The number of aryl methyl sites for hydroxylation is 7. The van der Waals surface area contributed by atoms with Crippen molar-refractivity contribution >= 4 is 0 Å². The Hall–Kier alpha value is -6.58. The first kappa shape index (κ1) is 38.6. The number of hydrogen-bond acceptors (Lipinski definition) is 0. The third-order valence-electron chi connectivity index (χ3n) is 8.94. The summed E-state index contributed by atoms with van der Waals surface area (Å²) in [6, 6.07) is 35.4. The molecule has 0 nitrogen and oxygen atoms in total. The standard InChI is InChI=1S/C26H20F2.C26H22/c1-17-5-7-21(8-6-17)9-11-23-13-19(3)24(14-18(23)2)12-10-22-15-25(27)20(4)26(28)16-22;1-19-5-9-23(10-6-19)13-15-25-17-22(4)26(18-21(25)3)16-14-24-11-7-20(2)8-12-24/h5-8,13-16H,1-4H3;5-12,17-18H,1-4H3. The van der Waals surface area contributed by atoms with Crippen molar-refractivity contribution < 1.29 is 8.78 Å². The number of benzene rings is 6. The third-order valence-corrected chi connectivity index (χ3v) is 8.94. The lowest BCUT2D eigenvalue weighted by Crippen LogP contribution is -1.92. The first-order chi connectivity index (χ1) is 25.8. The Kier molecular flexibility index (Phi) is 12.7. The van der Waals surface area contributed by atoms with E-state index < -0.39 is 11.6 Å². The summed E-state index contributed by atoms with van der Waals surface area (Å²) in [7, 11) is 0. The van der Waals surface area contributed by atoms with Crippen LogP contribution < -0.4 is 0 Å². The van der Waals surface area contributed by atoms with Crippen molar-refractivity contribution in [3.05, 3.63) is 210 Å². The van der Waals surface area contributed by atoms with Gasteiger partial charge in [0.05, 0.1) is 0 Å². The minimum Gasteiger partial charge on any atom is -0.207 e. The normalized spacial score (nSPS) is 9.81. The fourth-order valence-electron chi connectivity index (χ4n) is 5.36. The van der Waals surface area contributed by atoms with Crippen LogP contribution in [0.2, 0.25) is 0 Å². The highest BCUT2D eigenvalue weighted by atomic mass is 19.1. The van der Waals surface area contributed by atoms with Gasteiger partial charge in [0.15, 0.2) is 0 Å². The number of hydrogen-bond donors (Lipinski definition) is 0. The molecule has 0 aliphatic heterocycles. The van der Waals surface area contributed by atoms with Gasteiger partial charge in [0.1, 0.15) is 11.6 Å². The molecule has 2 heteroatoms. The fourth-order valence-corrected chi connectivity index (χ4v) is 5.36. The van der Waals surface area contributed by atoms with Gasteiger partial charge in [-0.2, -0.15) is 0 Å². The SMILES string of the molecule is Cc1ccc(C#Cc2cc(C)c(C#Cc3cc(F)c(C)c(F)c3)cc2C)cc1.Cc1ccc(C#Cc2cc(C)c(C#Cc3ccc(C)cc3)cc2C)cc1. The molecular formula is C52H42F2. The second kappa shape index (κ2) is 17.8. The van der Waals surface area contributed by atoms with Crippen LogP contribution in [0.1, 0.15) is 89.0 Å². The van der Waals surface area contributed by atoms with Crippen LogP contribution in [0, 0.1) is 114 Å². The third kappa shape index (κ3) is 10.7. The highest BCUT2D eigenvalue weighted by Crippen LogP contribution is 2.18. The van der Waals surface area contributed by atoms with Gasteiger partial charge in [-0.25, -0.2) is 8.78 Å². The van der Waals surface area contributed by atoms with E-state index in [0.29, 0.717) is 5.56 Å². The van der Waals surface area contributed by atoms with Gasteiger partial charge in [0.2, 0.25) is 0 Å². The van der Waals surface area contributed by atoms with Crippen LogP contribution in [0.4, 0.5) is 8.78 Å². The maximum absolute atomic E-state index is 13.7. The molecule has 0 aliphatic carbocycles. The van der Waals surface area contributed by atoms with Crippen LogP contribution in [0.3, 0.4) is 0 Å². The molecule has 0 aliphatic rings. The second-order valence-corrected chi connectivity index (χ2v) is 13.6. The van der Waals surface area contributed by atoms with E-state index >= 15 is 0 Å². The summed E-state index contributed by atoms with van der Waals surface area (Å²) in [4.78, 5) is 0. The summed E-state index contributed by atoms with van der Waals surface area (Å²) in [6.07, 6.45) is 0. The minimum atomic E-state index is -0.584. The van der Waals surface area contributed by atoms with Gasteiger partial charge in [-0.1, -0.05) is 100 Å². The topological polar surface area (TPSA) is 0 Å². The molecule has 0 aromatic heterocycles. The first-order valence-corrected chi connectivity index (χ1v) is 17.8. The highest BCUT2D eigenvalue weighted by molar-refractivity contribution is 5.56. The Morgan fingerprint density at radius 3 is 0.796 bits per heavy atom. The quantitative estimate of drug-likeness (QED) is 0.138. The molecule has 6 aromatic carbocycles. The lowest BCUT2D eigenvalue weighted by Gasteiger charge is -2.04. The predicted octanol–water partition coefficient (Wildman–Crippen LogP) is 11.7. The fraction of sp³-hybridized carbons (Fsp3) is 0.154. The Bertz CT molecular complexity index is 2460. The van der Waals surface area contributed by atoms with E-state index in [1.165, 1.54) is 35.7 Å². The first-order valence-electron chi connectivity index (χ1n) is 17.8.